The smallest absolute Gasteiger partial charge is 0.287 e. The Hall–Kier alpha value is -2.23. The number of rotatable bonds is 7. The fraction of sp³-hybridized carbons (Fsp3) is 0.450. The summed E-state index contributed by atoms with van der Waals surface area (Å²) in [6.07, 6.45) is 0. The average molecular weight is 329 g/mol. The zero-order valence-electron chi connectivity index (χ0n) is 15.2. The van der Waals surface area contributed by atoms with Crippen molar-refractivity contribution < 1.29 is 13.9 Å². The van der Waals surface area contributed by atoms with Crippen LogP contribution >= 0.6 is 0 Å². The summed E-state index contributed by atoms with van der Waals surface area (Å²) in [6, 6.07) is 9.70. The number of hydrogen-bond donors (Lipinski definition) is 1. The summed E-state index contributed by atoms with van der Waals surface area (Å²) in [5.41, 5.74) is 2.32. The van der Waals surface area contributed by atoms with Gasteiger partial charge >= 0.3 is 0 Å². The molecule has 0 radical (unpaired) electrons. The topological polar surface area (TPSA) is 51.5 Å². The minimum atomic E-state index is -0.187. The maximum atomic E-state index is 12.0. The Bertz CT molecular complexity index is 686. The van der Waals surface area contributed by atoms with Gasteiger partial charge in [0.25, 0.3) is 5.91 Å². The highest BCUT2D eigenvalue weighted by Gasteiger charge is 2.13. The Morgan fingerprint density at radius 3 is 2.58 bits per heavy atom. The van der Waals surface area contributed by atoms with Crippen LogP contribution in [-0.4, -0.2) is 12.5 Å². The number of hydrogen-bond acceptors (Lipinski definition) is 3. The molecule has 1 N–H and O–H groups in total. The van der Waals surface area contributed by atoms with Gasteiger partial charge in [0.1, 0.15) is 18.1 Å². The summed E-state index contributed by atoms with van der Waals surface area (Å²) in [5, 5.41) is 2.84. The molecule has 0 aliphatic carbocycles. The largest absolute Gasteiger partial charge is 0.485 e. The second kappa shape index (κ2) is 8.04. The Kier molecular flexibility index (Phi) is 6.07. The van der Waals surface area contributed by atoms with Gasteiger partial charge < -0.3 is 14.5 Å². The third kappa shape index (κ3) is 4.88. The van der Waals surface area contributed by atoms with Gasteiger partial charge in [0, 0.05) is 6.54 Å². The van der Waals surface area contributed by atoms with Crippen molar-refractivity contribution in [2.45, 2.75) is 47.1 Å². The van der Waals surface area contributed by atoms with E-state index in [2.05, 4.69) is 45.1 Å². The molecule has 1 aromatic heterocycles. The number of aryl methyl sites for hydroxylation is 1. The summed E-state index contributed by atoms with van der Waals surface area (Å²) in [6.45, 7) is 11.4. The predicted octanol–water partition coefficient (Wildman–Crippen LogP) is 4.68. The van der Waals surface area contributed by atoms with Crippen LogP contribution in [0, 0.1) is 12.8 Å². The molecule has 0 bridgehead atoms. The van der Waals surface area contributed by atoms with Crippen LogP contribution in [-0.2, 0) is 6.61 Å². The molecule has 24 heavy (non-hydrogen) atoms. The number of carbonyl (C=O) groups excluding carboxylic acids is 1. The first-order valence-corrected chi connectivity index (χ1v) is 8.47. The molecule has 0 spiro atoms. The predicted molar refractivity (Wildman–Crippen MR) is 95.5 cm³/mol. The van der Waals surface area contributed by atoms with Crippen LogP contribution in [0.2, 0.25) is 0 Å². The molecular weight excluding hydrogens is 302 g/mol. The molecule has 1 heterocycles. The average Bonchev–Trinajstić information content (AvgIpc) is 2.99. The molecule has 0 aliphatic rings. The van der Waals surface area contributed by atoms with Crippen molar-refractivity contribution in [2.75, 3.05) is 6.54 Å². The standard InChI is InChI=1S/C20H27NO3/c1-13(2)11-21-20(22)18-9-7-16(24-18)12-23-19-10-15(5)6-8-17(19)14(3)4/h6-10,13-14H,11-12H2,1-5H3,(H,21,22). The lowest BCUT2D eigenvalue weighted by Crippen LogP contribution is -2.26. The van der Waals surface area contributed by atoms with Crippen LogP contribution in [0.25, 0.3) is 0 Å². The molecule has 0 atom stereocenters. The van der Waals surface area contributed by atoms with Crippen molar-refractivity contribution in [1.29, 1.82) is 0 Å². The fourth-order valence-corrected chi connectivity index (χ4v) is 2.35. The van der Waals surface area contributed by atoms with Gasteiger partial charge in [0.15, 0.2) is 5.76 Å². The van der Waals surface area contributed by atoms with Crippen LogP contribution in [0.3, 0.4) is 0 Å². The van der Waals surface area contributed by atoms with E-state index in [9.17, 15) is 4.79 Å². The van der Waals surface area contributed by atoms with Crippen LogP contribution < -0.4 is 10.1 Å². The number of amides is 1. The highest BCUT2D eigenvalue weighted by Crippen LogP contribution is 2.28. The van der Waals surface area contributed by atoms with Gasteiger partial charge in [-0.2, -0.15) is 0 Å². The summed E-state index contributed by atoms with van der Waals surface area (Å²) in [5.74, 6) is 2.43. The van der Waals surface area contributed by atoms with E-state index >= 15 is 0 Å². The minimum Gasteiger partial charge on any atom is -0.485 e. The van der Waals surface area contributed by atoms with E-state index in [1.165, 1.54) is 5.56 Å². The first kappa shape index (κ1) is 18.1. The number of nitrogens with one attached hydrogen (secondary N) is 1. The zero-order chi connectivity index (χ0) is 17.7. The Balaban J connectivity index is 2.01. The number of carbonyl (C=O) groups is 1. The SMILES string of the molecule is Cc1ccc(C(C)C)c(OCc2ccc(C(=O)NCC(C)C)o2)c1. The van der Waals surface area contributed by atoms with Crippen molar-refractivity contribution in [3.05, 3.63) is 53.0 Å². The van der Waals surface area contributed by atoms with Crippen molar-refractivity contribution in [1.82, 2.24) is 5.32 Å². The van der Waals surface area contributed by atoms with Gasteiger partial charge in [-0.05, 0) is 48.1 Å². The second-order valence-electron chi connectivity index (χ2n) is 6.85. The van der Waals surface area contributed by atoms with Gasteiger partial charge in [-0.1, -0.05) is 39.8 Å². The van der Waals surface area contributed by atoms with Crippen molar-refractivity contribution in [3.8, 4) is 5.75 Å². The molecule has 0 saturated heterocycles. The molecular formula is C20H27NO3. The van der Waals surface area contributed by atoms with E-state index in [0.717, 1.165) is 11.3 Å². The van der Waals surface area contributed by atoms with Crippen LogP contribution in [0.1, 0.15) is 61.1 Å². The van der Waals surface area contributed by atoms with E-state index in [4.69, 9.17) is 9.15 Å². The van der Waals surface area contributed by atoms with E-state index in [1.807, 2.05) is 13.0 Å². The molecule has 130 valence electrons. The van der Waals surface area contributed by atoms with Crippen LogP contribution in [0.5, 0.6) is 5.75 Å². The lowest BCUT2D eigenvalue weighted by Gasteiger charge is -2.14. The number of benzene rings is 1. The number of furan rings is 1. The quantitative estimate of drug-likeness (QED) is 0.802. The highest BCUT2D eigenvalue weighted by atomic mass is 16.5. The zero-order valence-corrected chi connectivity index (χ0v) is 15.2. The lowest BCUT2D eigenvalue weighted by molar-refractivity contribution is 0.0917. The maximum absolute atomic E-state index is 12.0. The van der Waals surface area contributed by atoms with Crippen molar-refractivity contribution >= 4 is 5.91 Å². The van der Waals surface area contributed by atoms with E-state index in [-0.39, 0.29) is 5.91 Å². The van der Waals surface area contributed by atoms with Gasteiger partial charge in [-0.25, -0.2) is 0 Å². The van der Waals surface area contributed by atoms with E-state index in [0.29, 0.717) is 36.5 Å². The summed E-state index contributed by atoms with van der Waals surface area (Å²) in [7, 11) is 0. The van der Waals surface area contributed by atoms with E-state index < -0.39 is 0 Å². The second-order valence-corrected chi connectivity index (χ2v) is 6.85. The molecule has 0 unspecified atom stereocenters. The Morgan fingerprint density at radius 1 is 1.17 bits per heavy atom. The van der Waals surface area contributed by atoms with E-state index in [1.54, 1.807) is 12.1 Å². The molecule has 0 aliphatic heterocycles. The van der Waals surface area contributed by atoms with Gasteiger partial charge in [-0.3, -0.25) is 4.79 Å². The fourth-order valence-electron chi connectivity index (χ4n) is 2.35. The molecule has 4 heteroatoms. The Morgan fingerprint density at radius 2 is 1.92 bits per heavy atom. The molecule has 1 amide bonds. The monoisotopic (exact) mass is 329 g/mol. The third-order valence-electron chi connectivity index (χ3n) is 3.72. The lowest BCUT2D eigenvalue weighted by atomic mass is 10.0. The maximum Gasteiger partial charge on any atom is 0.287 e. The van der Waals surface area contributed by atoms with Crippen LogP contribution in [0.4, 0.5) is 0 Å². The highest BCUT2D eigenvalue weighted by molar-refractivity contribution is 5.91. The van der Waals surface area contributed by atoms with Gasteiger partial charge in [0.2, 0.25) is 0 Å². The molecule has 0 fully saturated rings. The molecule has 2 rings (SSSR count). The Labute approximate surface area is 144 Å². The summed E-state index contributed by atoms with van der Waals surface area (Å²) < 4.78 is 11.5. The van der Waals surface area contributed by atoms with Gasteiger partial charge in [0.05, 0.1) is 0 Å². The third-order valence-corrected chi connectivity index (χ3v) is 3.72. The summed E-state index contributed by atoms with van der Waals surface area (Å²) >= 11 is 0. The molecule has 0 saturated carbocycles. The van der Waals surface area contributed by atoms with Crippen molar-refractivity contribution in [3.63, 3.8) is 0 Å². The molecule has 4 nitrogen and oxygen atoms in total. The summed E-state index contributed by atoms with van der Waals surface area (Å²) in [4.78, 5) is 12.0. The molecule has 2 aromatic rings. The first-order valence-electron chi connectivity index (χ1n) is 8.47. The first-order chi connectivity index (χ1) is 11.4. The van der Waals surface area contributed by atoms with Crippen molar-refractivity contribution in [2.24, 2.45) is 5.92 Å². The van der Waals surface area contributed by atoms with Gasteiger partial charge in [-0.15, -0.1) is 0 Å². The normalized spacial score (nSPS) is 11.1. The molecule has 1 aromatic carbocycles. The van der Waals surface area contributed by atoms with Crippen LogP contribution in [0.15, 0.2) is 34.7 Å². The number of ether oxygens (including phenoxy) is 1. The minimum absolute atomic E-state index is 0.187.